The first-order valence-electron chi connectivity index (χ1n) is 9.26. The van der Waals surface area contributed by atoms with Gasteiger partial charge in [0.2, 0.25) is 0 Å². The van der Waals surface area contributed by atoms with Gasteiger partial charge in [-0.3, -0.25) is 28.7 Å². The molecule has 0 aliphatic heterocycles. The summed E-state index contributed by atoms with van der Waals surface area (Å²) < 4.78 is 3.10. The monoisotopic (exact) mass is 425 g/mol. The number of pyridine rings is 1. The number of thioether (sulfide) groups is 1. The minimum atomic E-state index is -0.774. The second kappa shape index (κ2) is 8.11. The quantitative estimate of drug-likeness (QED) is 0.312. The fraction of sp³-hybridized carbons (Fsp3) is 0.263. The Labute approximate surface area is 174 Å². The van der Waals surface area contributed by atoms with Crippen LogP contribution < -0.4 is 17.0 Å². The molecule has 0 aromatic carbocycles. The summed E-state index contributed by atoms with van der Waals surface area (Å²) in [5, 5.41) is 8.86. The molecule has 3 heterocycles. The van der Waals surface area contributed by atoms with Crippen molar-refractivity contribution in [2.24, 2.45) is 0 Å². The standard InChI is InChI=1S/C19H19N7O3S/c1-2-8-25-16(11-4-3-7-21-9-11)23-24-19(25)30-10-13(27)14-15(20)26(12-5-6-12)18(29)22-17(14)28/h2-4,7,9,12H,1,5-6,8,10,20H2,(H,22,28,29). The molecule has 0 atom stereocenters. The van der Waals surface area contributed by atoms with Gasteiger partial charge in [-0.25, -0.2) is 4.79 Å². The molecule has 10 nitrogen and oxygen atoms in total. The molecule has 0 saturated heterocycles. The fourth-order valence-electron chi connectivity index (χ4n) is 3.13. The van der Waals surface area contributed by atoms with Crippen LogP contribution >= 0.6 is 11.8 Å². The van der Waals surface area contributed by atoms with E-state index in [2.05, 4.69) is 26.7 Å². The Morgan fingerprint density at radius 1 is 1.37 bits per heavy atom. The summed E-state index contributed by atoms with van der Waals surface area (Å²) >= 11 is 1.13. The molecule has 0 amide bonds. The molecule has 0 spiro atoms. The van der Waals surface area contributed by atoms with Crippen LogP contribution in [-0.2, 0) is 6.54 Å². The van der Waals surface area contributed by atoms with Gasteiger partial charge in [-0.2, -0.15) is 0 Å². The van der Waals surface area contributed by atoms with E-state index >= 15 is 0 Å². The number of H-pyrrole nitrogens is 1. The SMILES string of the molecule is C=CCn1c(SCC(=O)c2c(N)n(C3CC3)c(=O)[nH]c2=O)nnc1-c1cccnc1. The second-order valence-corrected chi connectivity index (χ2v) is 7.72. The Morgan fingerprint density at radius 2 is 2.17 bits per heavy atom. The Balaban J connectivity index is 1.60. The Bertz CT molecular complexity index is 1230. The maximum atomic E-state index is 12.8. The van der Waals surface area contributed by atoms with Gasteiger partial charge in [0, 0.05) is 30.5 Å². The zero-order chi connectivity index (χ0) is 21.3. The number of aromatic amines is 1. The van der Waals surface area contributed by atoms with E-state index in [1.807, 2.05) is 6.07 Å². The van der Waals surface area contributed by atoms with Crippen molar-refractivity contribution in [1.29, 1.82) is 0 Å². The molecule has 4 rings (SSSR count). The van der Waals surface area contributed by atoms with Gasteiger partial charge >= 0.3 is 5.69 Å². The molecule has 1 aliphatic carbocycles. The smallest absolute Gasteiger partial charge is 0.330 e. The van der Waals surface area contributed by atoms with Crippen LogP contribution in [0, 0.1) is 0 Å². The first-order chi connectivity index (χ1) is 14.5. The Kier molecular flexibility index (Phi) is 5.36. The molecule has 30 heavy (non-hydrogen) atoms. The number of nitrogens with two attached hydrogens (primary N) is 1. The highest BCUT2D eigenvalue weighted by molar-refractivity contribution is 7.99. The van der Waals surface area contributed by atoms with Crippen molar-refractivity contribution in [1.82, 2.24) is 29.3 Å². The first-order valence-corrected chi connectivity index (χ1v) is 10.2. The lowest BCUT2D eigenvalue weighted by Crippen LogP contribution is -2.36. The maximum absolute atomic E-state index is 12.8. The number of carbonyl (C=O) groups is 1. The van der Waals surface area contributed by atoms with Crippen molar-refractivity contribution in [3.05, 3.63) is 63.6 Å². The van der Waals surface area contributed by atoms with Crippen LogP contribution in [0.15, 0.2) is 51.9 Å². The second-order valence-electron chi connectivity index (χ2n) is 6.78. The van der Waals surface area contributed by atoms with Gasteiger partial charge in [0.25, 0.3) is 5.56 Å². The molecule has 11 heteroatoms. The van der Waals surface area contributed by atoms with Gasteiger partial charge in [-0.1, -0.05) is 17.8 Å². The number of nitrogens with one attached hydrogen (secondary N) is 1. The van der Waals surface area contributed by atoms with Gasteiger partial charge in [0.1, 0.15) is 11.4 Å². The van der Waals surface area contributed by atoms with E-state index in [1.165, 1.54) is 4.57 Å². The number of nitrogen functional groups attached to an aromatic ring is 1. The third-order valence-corrected chi connectivity index (χ3v) is 5.62. The number of hydrogen-bond acceptors (Lipinski definition) is 8. The third kappa shape index (κ3) is 3.71. The zero-order valence-electron chi connectivity index (χ0n) is 15.9. The van der Waals surface area contributed by atoms with Gasteiger partial charge in [-0.15, -0.1) is 16.8 Å². The number of hydrogen-bond donors (Lipinski definition) is 2. The molecule has 3 aromatic rings. The largest absolute Gasteiger partial charge is 0.384 e. The Morgan fingerprint density at radius 3 is 2.83 bits per heavy atom. The predicted octanol–water partition coefficient (Wildman–Crippen LogP) is 1.27. The molecule has 1 fully saturated rings. The van der Waals surface area contributed by atoms with Crippen molar-refractivity contribution < 1.29 is 4.79 Å². The highest BCUT2D eigenvalue weighted by Crippen LogP contribution is 2.35. The van der Waals surface area contributed by atoms with Crippen LogP contribution in [0.5, 0.6) is 0 Å². The predicted molar refractivity (Wildman–Crippen MR) is 113 cm³/mol. The van der Waals surface area contributed by atoms with E-state index in [1.54, 1.807) is 29.1 Å². The molecule has 3 aromatic heterocycles. The van der Waals surface area contributed by atoms with Crippen LogP contribution in [0.4, 0.5) is 5.82 Å². The number of ketones is 1. The van der Waals surface area contributed by atoms with Crippen LogP contribution in [0.2, 0.25) is 0 Å². The molecular weight excluding hydrogens is 406 g/mol. The van der Waals surface area contributed by atoms with Crippen molar-refractivity contribution >= 4 is 23.4 Å². The van der Waals surface area contributed by atoms with Crippen LogP contribution in [0.3, 0.4) is 0 Å². The van der Waals surface area contributed by atoms with Gasteiger partial charge in [0.05, 0.1) is 5.75 Å². The van der Waals surface area contributed by atoms with Crippen LogP contribution in [0.25, 0.3) is 11.4 Å². The number of aromatic nitrogens is 6. The summed E-state index contributed by atoms with van der Waals surface area (Å²) in [4.78, 5) is 43.3. The molecular formula is C19H19N7O3S. The van der Waals surface area contributed by atoms with E-state index in [0.717, 1.165) is 30.2 Å². The minimum absolute atomic E-state index is 0.0636. The highest BCUT2D eigenvalue weighted by Gasteiger charge is 2.30. The molecule has 1 saturated carbocycles. The van der Waals surface area contributed by atoms with Crippen molar-refractivity contribution in [3.63, 3.8) is 0 Å². The van der Waals surface area contributed by atoms with E-state index < -0.39 is 17.0 Å². The average molecular weight is 425 g/mol. The lowest BCUT2D eigenvalue weighted by atomic mass is 10.2. The lowest BCUT2D eigenvalue weighted by Gasteiger charge is -2.11. The highest BCUT2D eigenvalue weighted by atomic mass is 32.2. The number of nitrogens with zero attached hydrogens (tertiary/aromatic N) is 5. The number of rotatable bonds is 8. The third-order valence-electron chi connectivity index (χ3n) is 4.65. The van der Waals surface area contributed by atoms with E-state index in [4.69, 9.17) is 5.73 Å². The average Bonchev–Trinajstić information content (AvgIpc) is 3.47. The molecule has 0 unspecified atom stereocenters. The zero-order valence-corrected chi connectivity index (χ0v) is 16.8. The summed E-state index contributed by atoms with van der Waals surface area (Å²) in [6.07, 6.45) is 6.61. The minimum Gasteiger partial charge on any atom is -0.384 e. The molecule has 154 valence electrons. The molecule has 0 bridgehead atoms. The van der Waals surface area contributed by atoms with Gasteiger partial charge in [0.15, 0.2) is 16.8 Å². The molecule has 3 N–H and O–H groups in total. The Hall–Kier alpha value is -3.47. The number of Topliss-reactive ketones (excluding diaryl/α,β-unsaturated/α-hetero) is 1. The fourth-order valence-corrected chi connectivity index (χ4v) is 3.95. The van der Waals surface area contributed by atoms with E-state index in [0.29, 0.717) is 17.5 Å². The van der Waals surface area contributed by atoms with Gasteiger partial charge < -0.3 is 5.73 Å². The molecule has 1 aliphatic rings. The number of allylic oxidation sites excluding steroid dienone is 1. The van der Waals surface area contributed by atoms with Gasteiger partial charge in [-0.05, 0) is 25.0 Å². The number of carbonyl (C=O) groups excluding carboxylic acids is 1. The summed E-state index contributed by atoms with van der Waals surface area (Å²) in [6, 6.07) is 3.59. The summed E-state index contributed by atoms with van der Waals surface area (Å²) in [5.41, 5.74) is 5.23. The van der Waals surface area contributed by atoms with Crippen LogP contribution in [0.1, 0.15) is 29.2 Å². The maximum Gasteiger partial charge on any atom is 0.330 e. The van der Waals surface area contributed by atoms with Crippen molar-refractivity contribution in [2.45, 2.75) is 30.6 Å². The van der Waals surface area contributed by atoms with Crippen molar-refractivity contribution in [2.75, 3.05) is 11.5 Å². The topological polar surface area (TPSA) is 142 Å². The summed E-state index contributed by atoms with van der Waals surface area (Å²) in [7, 11) is 0. The summed E-state index contributed by atoms with van der Waals surface area (Å²) in [6.45, 7) is 4.19. The van der Waals surface area contributed by atoms with Crippen LogP contribution in [-0.4, -0.2) is 40.8 Å². The summed E-state index contributed by atoms with van der Waals surface area (Å²) in [5.74, 6) is -0.0550. The normalized spacial score (nSPS) is 13.3. The molecule has 0 radical (unpaired) electrons. The van der Waals surface area contributed by atoms with E-state index in [-0.39, 0.29) is 23.2 Å². The van der Waals surface area contributed by atoms with E-state index in [9.17, 15) is 14.4 Å². The number of anilines is 1. The first kappa shape index (κ1) is 19.8. The lowest BCUT2D eigenvalue weighted by molar-refractivity contribution is 0.102. The van der Waals surface area contributed by atoms with Crippen molar-refractivity contribution in [3.8, 4) is 11.4 Å².